The standard InChI is InChI=1S/C11H10ClN3O2/c1-2-8-7(5-6-17-8)11(16)13-10-4-3-9(12)14-15-10/h3-6H,2H2,1H3,(H,13,15,16). The van der Waals surface area contributed by atoms with E-state index in [0.29, 0.717) is 23.6 Å². The molecule has 0 aliphatic carbocycles. The first-order chi connectivity index (χ1) is 8.20. The zero-order chi connectivity index (χ0) is 12.3. The van der Waals surface area contributed by atoms with Crippen LogP contribution in [0.4, 0.5) is 5.82 Å². The summed E-state index contributed by atoms with van der Waals surface area (Å²) >= 11 is 5.59. The van der Waals surface area contributed by atoms with Gasteiger partial charge in [-0.05, 0) is 18.2 Å². The highest BCUT2D eigenvalue weighted by atomic mass is 35.5. The lowest BCUT2D eigenvalue weighted by molar-refractivity contribution is 0.102. The van der Waals surface area contributed by atoms with Gasteiger partial charge >= 0.3 is 0 Å². The van der Waals surface area contributed by atoms with E-state index in [9.17, 15) is 4.79 Å². The van der Waals surface area contributed by atoms with Gasteiger partial charge in [0.25, 0.3) is 5.91 Å². The van der Waals surface area contributed by atoms with E-state index in [1.807, 2.05) is 6.92 Å². The number of carbonyl (C=O) groups excluding carboxylic acids is 1. The Balaban J connectivity index is 2.14. The topological polar surface area (TPSA) is 68.0 Å². The predicted molar refractivity (Wildman–Crippen MR) is 63.1 cm³/mol. The maximum atomic E-state index is 11.9. The second-order valence-electron chi connectivity index (χ2n) is 3.31. The largest absolute Gasteiger partial charge is 0.469 e. The number of amides is 1. The average Bonchev–Trinajstić information content (AvgIpc) is 2.80. The average molecular weight is 252 g/mol. The van der Waals surface area contributed by atoms with Crippen molar-refractivity contribution in [3.8, 4) is 0 Å². The van der Waals surface area contributed by atoms with Crippen LogP contribution in [0, 0.1) is 0 Å². The lowest BCUT2D eigenvalue weighted by atomic mass is 10.2. The van der Waals surface area contributed by atoms with Crippen molar-refractivity contribution in [2.24, 2.45) is 0 Å². The minimum atomic E-state index is -0.271. The molecule has 0 atom stereocenters. The van der Waals surface area contributed by atoms with E-state index in [2.05, 4.69) is 15.5 Å². The molecular weight excluding hydrogens is 242 g/mol. The smallest absolute Gasteiger partial charge is 0.260 e. The number of hydrogen-bond acceptors (Lipinski definition) is 4. The van der Waals surface area contributed by atoms with Crippen LogP contribution in [0.5, 0.6) is 0 Å². The van der Waals surface area contributed by atoms with Crippen LogP contribution in [-0.4, -0.2) is 16.1 Å². The van der Waals surface area contributed by atoms with E-state index in [1.54, 1.807) is 18.2 Å². The van der Waals surface area contributed by atoms with E-state index < -0.39 is 0 Å². The molecule has 17 heavy (non-hydrogen) atoms. The van der Waals surface area contributed by atoms with Crippen LogP contribution < -0.4 is 5.32 Å². The fourth-order valence-electron chi connectivity index (χ4n) is 1.38. The van der Waals surface area contributed by atoms with Crippen LogP contribution >= 0.6 is 11.6 Å². The van der Waals surface area contributed by atoms with Crippen molar-refractivity contribution in [1.29, 1.82) is 0 Å². The summed E-state index contributed by atoms with van der Waals surface area (Å²) in [5, 5.41) is 10.3. The van der Waals surface area contributed by atoms with Gasteiger partial charge < -0.3 is 9.73 Å². The Kier molecular flexibility index (Phi) is 3.39. The van der Waals surface area contributed by atoms with Crippen molar-refractivity contribution in [1.82, 2.24) is 10.2 Å². The minimum absolute atomic E-state index is 0.271. The lowest BCUT2D eigenvalue weighted by Gasteiger charge is -2.02. The van der Waals surface area contributed by atoms with Gasteiger partial charge in [0.1, 0.15) is 5.76 Å². The Morgan fingerprint density at radius 1 is 1.41 bits per heavy atom. The van der Waals surface area contributed by atoms with Crippen molar-refractivity contribution >= 4 is 23.3 Å². The first kappa shape index (κ1) is 11.6. The molecule has 2 aromatic rings. The number of aromatic nitrogens is 2. The number of rotatable bonds is 3. The lowest BCUT2D eigenvalue weighted by Crippen LogP contribution is -2.14. The number of nitrogens with zero attached hydrogens (tertiary/aromatic N) is 2. The summed E-state index contributed by atoms with van der Waals surface area (Å²) < 4.78 is 5.17. The van der Waals surface area contributed by atoms with Gasteiger partial charge in [-0.15, -0.1) is 10.2 Å². The molecule has 0 saturated carbocycles. The molecule has 1 N–H and O–H groups in total. The molecule has 0 spiro atoms. The molecule has 2 aromatic heterocycles. The Hall–Kier alpha value is -1.88. The molecule has 0 bridgehead atoms. The fraction of sp³-hybridized carbons (Fsp3) is 0.182. The second-order valence-corrected chi connectivity index (χ2v) is 3.69. The van der Waals surface area contributed by atoms with Crippen LogP contribution in [0.3, 0.4) is 0 Å². The summed E-state index contributed by atoms with van der Waals surface area (Å²) in [6.07, 6.45) is 2.14. The molecule has 6 heteroatoms. The molecule has 5 nitrogen and oxygen atoms in total. The number of nitrogens with one attached hydrogen (secondary N) is 1. The molecule has 0 unspecified atom stereocenters. The number of carbonyl (C=O) groups is 1. The Labute approximate surface area is 103 Å². The molecular formula is C11H10ClN3O2. The summed E-state index contributed by atoms with van der Waals surface area (Å²) in [5.74, 6) is 0.722. The summed E-state index contributed by atoms with van der Waals surface area (Å²) in [6.45, 7) is 1.91. The zero-order valence-corrected chi connectivity index (χ0v) is 9.86. The van der Waals surface area contributed by atoms with E-state index in [1.165, 1.54) is 6.26 Å². The van der Waals surface area contributed by atoms with Gasteiger partial charge in [0.15, 0.2) is 11.0 Å². The van der Waals surface area contributed by atoms with Crippen molar-refractivity contribution in [2.45, 2.75) is 13.3 Å². The molecule has 0 saturated heterocycles. The summed E-state index contributed by atoms with van der Waals surface area (Å²) in [6, 6.07) is 4.76. The third-order valence-corrected chi connectivity index (χ3v) is 2.39. The van der Waals surface area contributed by atoms with E-state index >= 15 is 0 Å². The van der Waals surface area contributed by atoms with Crippen LogP contribution in [0.2, 0.25) is 5.15 Å². The highest BCUT2D eigenvalue weighted by Gasteiger charge is 2.13. The molecule has 2 rings (SSSR count). The van der Waals surface area contributed by atoms with Gasteiger partial charge in [-0.2, -0.15) is 0 Å². The molecule has 0 aromatic carbocycles. The van der Waals surface area contributed by atoms with Crippen molar-refractivity contribution < 1.29 is 9.21 Å². The van der Waals surface area contributed by atoms with Crippen LogP contribution in [0.25, 0.3) is 0 Å². The van der Waals surface area contributed by atoms with E-state index in [-0.39, 0.29) is 11.1 Å². The van der Waals surface area contributed by atoms with Gasteiger partial charge in [0.2, 0.25) is 0 Å². The SMILES string of the molecule is CCc1occc1C(=O)Nc1ccc(Cl)nn1. The Morgan fingerprint density at radius 2 is 2.24 bits per heavy atom. The first-order valence-electron chi connectivity index (χ1n) is 5.07. The third-order valence-electron chi connectivity index (χ3n) is 2.18. The van der Waals surface area contributed by atoms with Crippen molar-refractivity contribution in [2.75, 3.05) is 5.32 Å². The molecule has 1 amide bonds. The number of aryl methyl sites for hydroxylation is 1. The molecule has 0 aliphatic rings. The molecule has 0 radical (unpaired) electrons. The molecule has 0 aliphatic heterocycles. The van der Waals surface area contributed by atoms with Gasteiger partial charge in [-0.25, -0.2) is 0 Å². The normalized spacial score (nSPS) is 10.2. The summed E-state index contributed by atoms with van der Waals surface area (Å²) in [5.41, 5.74) is 0.504. The fourth-order valence-corrected chi connectivity index (χ4v) is 1.48. The highest BCUT2D eigenvalue weighted by Crippen LogP contribution is 2.13. The Morgan fingerprint density at radius 3 is 2.88 bits per heavy atom. The summed E-state index contributed by atoms with van der Waals surface area (Å²) in [7, 11) is 0. The van der Waals surface area contributed by atoms with Crippen LogP contribution in [0.15, 0.2) is 28.9 Å². The zero-order valence-electron chi connectivity index (χ0n) is 9.11. The maximum Gasteiger partial charge on any atom is 0.260 e. The first-order valence-corrected chi connectivity index (χ1v) is 5.45. The predicted octanol–water partition coefficient (Wildman–Crippen LogP) is 2.54. The molecule has 88 valence electrons. The summed E-state index contributed by atoms with van der Waals surface area (Å²) in [4.78, 5) is 11.9. The van der Waals surface area contributed by atoms with E-state index in [4.69, 9.17) is 16.0 Å². The maximum absolute atomic E-state index is 11.9. The monoisotopic (exact) mass is 251 g/mol. The van der Waals surface area contributed by atoms with E-state index in [0.717, 1.165) is 0 Å². The Bertz CT molecular complexity index is 522. The number of hydrogen-bond donors (Lipinski definition) is 1. The third kappa shape index (κ3) is 2.62. The van der Waals surface area contributed by atoms with Crippen molar-refractivity contribution in [3.05, 3.63) is 40.9 Å². The minimum Gasteiger partial charge on any atom is -0.469 e. The number of anilines is 1. The van der Waals surface area contributed by atoms with Gasteiger partial charge in [0.05, 0.1) is 11.8 Å². The molecule has 0 fully saturated rings. The van der Waals surface area contributed by atoms with Gasteiger partial charge in [-0.1, -0.05) is 18.5 Å². The van der Waals surface area contributed by atoms with Crippen molar-refractivity contribution in [3.63, 3.8) is 0 Å². The van der Waals surface area contributed by atoms with Crippen LogP contribution in [0.1, 0.15) is 23.0 Å². The second kappa shape index (κ2) is 4.97. The van der Waals surface area contributed by atoms with Gasteiger partial charge in [-0.3, -0.25) is 4.79 Å². The number of furan rings is 1. The highest BCUT2D eigenvalue weighted by molar-refractivity contribution is 6.29. The quantitative estimate of drug-likeness (QED) is 0.910. The van der Waals surface area contributed by atoms with Crippen LogP contribution in [-0.2, 0) is 6.42 Å². The number of halogens is 1. The van der Waals surface area contributed by atoms with Gasteiger partial charge in [0, 0.05) is 6.42 Å². The molecule has 2 heterocycles.